The summed E-state index contributed by atoms with van der Waals surface area (Å²) in [6.07, 6.45) is -4.37. The molecule has 1 aliphatic rings. The molecule has 1 N–H and O–H groups in total. The first kappa shape index (κ1) is 19.5. The molecular formula is C20H17F3N4OS. The van der Waals surface area contributed by atoms with E-state index in [1.54, 1.807) is 10.2 Å². The van der Waals surface area contributed by atoms with Crippen LogP contribution in [-0.4, -0.2) is 32.5 Å². The van der Waals surface area contributed by atoms with Gasteiger partial charge in [-0.1, -0.05) is 31.2 Å². The number of para-hydroxylation sites is 1. The van der Waals surface area contributed by atoms with Crippen LogP contribution >= 0.6 is 11.8 Å². The Hall–Kier alpha value is -2.81. The molecule has 1 aliphatic heterocycles. The van der Waals surface area contributed by atoms with Gasteiger partial charge in [0.15, 0.2) is 5.82 Å². The van der Waals surface area contributed by atoms with Crippen molar-refractivity contribution in [3.05, 3.63) is 59.7 Å². The number of benzene rings is 2. The number of anilines is 1. The van der Waals surface area contributed by atoms with Gasteiger partial charge in [0, 0.05) is 10.6 Å². The first-order chi connectivity index (χ1) is 13.8. The van der Waals surface area contributed by atoms with Gasteiger partial charge in [0.25, 0.3) is 5.91 Å². The second kappa shape index (κ2) is 7.55. The van der Waals surface area contributed by atoms with Crippen LogP contribution in [0.2, 0.25) is 0 Å². The van der Waals surface area contributed by atoms with Crippen molar-refractivity contribution >= 4 is 39.9 Å². The molecule has 2 unspecified atom stereocenters. The van der Waals surface area contributed by atoms with Crippen LogP contribution in [0.3, 0.4) is 0 Å². The van der Waals surface area contributed by atoms with Crippen LogP contribution in [-0.2, 0) is 17.5 Å². The van der Waals surface area contributed by atoms with Crippen molar-refractivity contribution in [2.45, 2.75) is 30.9 Å². The minimum atomic E-state index is -4.37. The van der Waals surface area contributed by atoms with Gasteiger partial charge >= 0.3 is 6.18 Å². The molecule has 1 aromatic heterocycles. The van der Waals surface area contributed by atoms with E-state index in [2.05, 4.69) is 15.4 Å². The van der Waals surface area contributed by atoms with Gasteiger partial charge in [-0.15, -0.1) is 11.8 Å². The summed E-state index contributed by atoms with van der Waals surface area (Å²) >= 11 is 1.50. The van der Waals surface area contributed by atoms with Gasteiger partial charge in [-0.05, 0) is 29.8 Å². The zero-order chi connectivity index (χ0) is 20.6. The van der Waals surface area contributed by atoms with Crippen LogP contribution in [0.1, 0.15) is 18.1 Å². The number of aromatic nitrogens is 2. The number of thioether (sulfide) groups is 1. The first-order valence-electron chi connectivity index (χ1n) is 8.92. The Balaban J connectivity index is 1.60. The van der Waals surface area contributed by atoms with E-state index in [4.69, 9.17) is 0 Å². The molecule has 2 atom stereocenters. The van der Waals surface area contributed by atoms with Crippen LogP contribution in [0.4, 0.5) is 19.0 Å². The summed E-state index contributed by atoms with van der Waals surface area (Å²) in [6.45, 7) is 2.21. The molecule has 2 aromatic carbocycles. The molecule has 2 heterocycles. The number of hydrogen-bond donors (Lipinski definition) is 1. The van der Waals surface area contributed by atoms with E-state index < -0.39 is 17.8 Å². The van der Waals surface area contributed by atoms with Gasteiger partial charge < -0.3 is 5.32 Å². The van der Waals surface area contributed by atoms with Crippen LogP contribution in [0, 0.1) is 0 Å². The van der Waals surface area contributed by atoms with Gasteiger partial charge in [0.1, 0.15) is 6.04 Å². The van der Waals surface area contributed by atoms with Gasteiger partial charge in [-0.25, -0.2) is 0 Å². The Morgan fingerprint density at radius 2 is 1.90 bits per heavy atom. The van der Waals surface area contributed by atoms with Crippen LogP contribution in [0.25, 0.3) is 10.9 Å². The highest BCUT2D eigenvalue weighted by atomic mass is 32.2. The first-order valence-corrected chi connectivity index (χ1v) is 9.87. The topological polar surface area (TPSA) is 59.3 Å². The number of carbonyl (C=O) groups excluding carboxylic acids is 1. The predicted molar refractivity (Wildman–Crippen MR) is 108 cm³/mol. The maximum absolute atomic E-state index is 12.8. The minimum Gasteiger partial charge on any atom is -0.307 e. The SMILES string of the molecule is CC1SC=NC1C(=O)Nc1nn(Cc2ccc(C(F)(F)F)cc2)c2ccccc12. The second-order valence-corrected chi connectivity index (χ2v) is 7.97. The summed E-state index contributed by atoms with van der Waals surface area (Å²) in [5.74, 6) is 0.181. The number of hydrogen-bond acceptors (Lipinski definition) is 4. The van der Waals surface area contributed by atoms with Gasteiger partial charge in [-0.2, -0.15) is 18.3 Å². The van der Waals surface area contributed by atoms with Crippen molar-refractivity contribution in [3.63, 3.8) is 0 Å². The summed E-state index contributed by atoms with van der Waals surface area (Å²) in [5, 5.41) is 8.15. The van der Waals surface area contributed by atoms with Crippen LogP contribution in [0.15, 0.2) is 53.5 Å². The Kier molecular flexibility index (Phi) is 5.08. The van der Waals surface area contributed by atoms with Crippen molar-refractivity contribution in [1.82, 2.24) is 9.78 Å². The highest BCUT2D eigenvalue weighted by Gasteiger charge is 2.30. The minimum absolute atomic E-state index is 0.0514. The number of halogens is 3. The fraction of sp³-hybridized carbons (Fsp3) is 0.250. The van der Waals surface area contributed by atoms with Crippen molar-refractivity contribution in [2.75, 3.05) is 5.32 Å². The average molecular weight is 418 g/mol. The van der Waals surface area contributed by atoms with E-state index >= 15 is 0 Å². The summed E-state index contributed by atoms with van der Waals surface area (Å²) in [5.41, 5.74) is 2.44. The molecule has 0 aliphatic carbocycles. The Morgan fingerprint density at radius 1 is 1.17 bits per heavy atom. The number of alkyl halides is 3. The molecular weight excluding hydrogens is 401 g/mol. The Labute approximate surface area is 169 Å². The van der Waals surface area contributed by atoms with E-state index in [9.17, 15) is 18.0 Å². The fourth-order valence-corrected chi connectivity index (χ4v) is 3.91. The highest BCUT2D eigenvalue weighted by molar-refractivity contribution is 8.12. The third-order valence-corrected chi connectivity index (χ3v) is 5.65. The van der Waals surface area contributed by atoms with E-state index in [0.29, 0.717) is 11.4 Å². The molecule has 0 radical (unpaired) electrons. The Bertz CT molecular complexity index is 1080. The lowest BCUT2D eigenvalue weighted by molar-refractivity contribution is -0.137. The molecule has 29 heavy (non-hydrogen) atoms. The fourth-order valence-electron chi connectivity index (χ4n) is 3.18. The lowest BCUT2D eigenvalue weighted by Crippen LogP contribution is -2.31. The van der Waals surface area contributed by atoms with E-state index in [1.807, 2.05) is 31.2 Å². The molecule has 0 bridgehead atoms. The van der Waals surface area contributed by atoms with Gasteiger partial charge in [-0.3, -0.25) is 14.5 Å². The van der Waals surface area contributed by atoms with E-state index in [0.717, 1.165) is 23.0 Å². The maximum atomic E-state index is 12.8. The number of amides is 1. The van der Waals surface area contributed by atoms with E-state index in [-0.39, 0.29) is 17.7 Å². The number of aliphatic imine (C=N–C) groups is 1. The number of nitrogens with zero attached hydrogens (tertiary/aromatic N) is 3. The van der Waals surface area contributed by atoms with Crippen LogP contribution < -0.4 is 5.32 Å². The lowest BCUT2D eigenvalue weighted by atomic mass is 10.1. The average Bonchev–Trinajstić information content (AvgIpc) is 3.26. The Morgan fingerprint density at radius 3 is 2.55 bits per heavy atom. The summed E-state index contributed by atoms with van der Waals surface area (Å²) < 4.78 is 40.0. The normalized spacial score (nSPS) is 19.0. The lowest BCUT2D eigenvalue weighted by Gasteiger charge is -2.11. The number of rotatable bonds is 4. The largest absolute Gasteiger partial charge is 0.416 e. The zero-order valence-corrected chi connectivity index (χ0v) is 16.2. The molecule has 150 valence electrons. The number of nitrogens with one attached hydrogen (secondary N) is 1. The second-order valence-electron chi connectivity index (χ2n) is 6.75. The van der Waals surface area contributed by atoms with Crippen LogP contribution in [0.5, 0.6) is 0 Å². The monoisotopic (exact) mass is 418 g/mol. The van der Waals surface area contributed by atoms with Crippen molar-refractivity contribution in [1.29, 1.82) is 0 Å². The maximum Gasteiger partial charge on any atom is 0.416 e. The molecule has 5 nitrogen and oxygen atoms in total. The molecule has 4 rings (SSSR count). The summed E-state index contributed by atoms with van der Waals surface area (Å²) in [6, 6.07) is 11.9. The number of carbonyl (C=O) groups is 1. The molecule has 0 saturated carbocycles. The van der Waals surface area contributed by atoms with Crippen molar-refractivity contribution < 1.29 is 18.0 Å². The van der Waals surface area contributed by atoms with Gasteiger partial charge in [0.2, 0.25) is 0 Å². The molecule has 9 heteroatoms. The smallest absolute Gasteiger partial charge is 0.307 e. The van der Waals surface area contributed by atoms with Crippen molar-refractivity contribution in [3.8, 4) is 0 Å². The molecule has 3 aromatic rings. The summed E-state index contributed by atoms with van der Waals surface area (Å²) in [4.78, 5) is 16.8. The molecule has 0 spiro atoms. The third-order valence-electron chi connectivity index (χ3n) is 4.72. The zero-order valence-electron chi connectivity index (χ0n) is 15.3. The third kappa shape index (κ3) is 4.00. The molecule has 0 saturated heterocycles. The molecule has 0 fully saturated rings. The van der Waals surface area contributed by atoms with Crippen molar-refractivity contribution in [2.24, 2.45) is 4.99 Å². The standard InChI is InChI=1S/C20H17F3N4OS/c1-12-17(24-11-29-12)19(28)25-18-15-4-2-3-5-16(15)27(26-18)10-13-6-8-14(9-7-13)20(21,22)23/h2-9,11-12,17H,10H2,1H3,(H,25,26,28). The quantitative estimate of drug-likeness (QED) is 0.675. The van der Waals surface area contributed by atoms with Gasteiger partial charge in [0.05, 0.1) is 23.2 Å². The molecule has 1 amide bonds. The number of fused-ring (bicyclic) bond motifs is 1. The van der Waals surface area contributed by atoms with E-state index in [1.165, 1.54) is 23.9 Å². The summed E-state index contributed by atoms with van der Waals surface area (Å²) in [7, 11) is 0. The highest BCUT2D eigenvalue weighted by Crippen LogP contribution is 2.30. The predicted octanol–water partition coefficient (Wildman–Crippen LogP) is 4.57.